The van der Waals surface area contributed by atoms with E-state index >= 15 is 0 Å². The fraction of sp³-hybridized carbons (Fsp3) is 0.333. The van der Waals surface area contributed by atoms with Crippen molar-refractivity contribution in [3.63, 3.8) is 0 Å². The van der Waals surface area contributed by atoms with E-state index in [1.165, 1.54) is 36.4 Å². The molecule has 0 unspecified atom stereocenters. The van der Waals surface area contributed by atoms with Gasteiger partial charge in [0.15, 0.2) is 14.6 Å². The zero-order valence-corrected chi connectivity index (χ0v) is 21.5. The smallest absolute Gasteiger partial charge is 0.248 e. The van der Waals surface area contributed by atoms with Crippen molar-refractivity contribution >= 4 is 58.9 Å². The van der Waals surface area contributed by atoms with Gasteiger partial charge in [0.1, 0.15) is 0 Å². The van der Waals surface area contributed by atoms with E-state index in [-0.39, 0.29) is 28.4 Å². The minimum Gasteiger partial charge on any atom is -0.380 e. The van der Waals surface area contributed by atoms with E-state index in [1.807, 2.05) is 6.92 Å². The lowest BCUT2D eigenvalue weighted by molar-refractivity contribution is -0.118. The maximum atomic E-state index is 12.5. The lowest BCUT2D eigenvalue weighted by Crippen LogP contribution is -2.20. The maximum Gasteiger partial charge on any atom is 0.248 e. The van der Waals surface area contributed by atoms with Crippen molar-refractivity contribution in [2.45, 2.75) is 36.1 Å². The Bertz CT molecular complexity index is 1460. The molecule has 3 aromatic rings. The molecule has 184 valence electrons. The molecule has 2 aromatic carbocycles. The Labute approximate surface area is 206 Å². The van der Waals surface area contributed by atoms with Gasteiger partial charge >= 0.3 is 0 Å². The highest BCUT2D eigenvalue weighted by Crippen LogP contribution is 2.21. The third-order valence-corrected chi connectivity index (χ3v) is 8.86. The minimum absolute atomic E-state index is 0.0384. The average molecular weight is 546 g/mol. The molecule has 0 fully saturated rings. The molecule has 1 amide bonds. The SMILES string of the molecule is CCOCCn1c(=NC(=O)CCCS(=O)(=O)c2ccc(Cl)cc2)sc2cc(S(N)(=O)=O)ccc21. The summed E-state index contributed by atoms with van der Waals surface area (Å²) in [6, 6.07) is 10.3. The number of benzene rings is 2. The molecule has 13 heteroatoms. The number of carbonyl (C=O) groups is 1. The number of thiazole rings is 1. The van der Waals surface area contributed by atoms with E-state index in [2.05, 4.69) is 4.99 Å². The molecule has 0 atom stereocenters. The Balaban J connectivity index is 1.82. The average Bonchev–Trinajstić information content (AvgIpc) is 3.09. The summed E-state index contributed by atoms with van der Waals surface area (Å²) in [6.07, 6.45) is 0.0433. The number of carbonyl (C=O) groups excluding carboxylic acids is 1. The van der Waals surface area contributed by atoms with Crippen LogP contribution in [0.3, 0.4) is 0 Å². The molecular formula is C21H24ClN3O6S3. The van der Waals surface area contributed by atoms with E-state index in [0.29, 0.717) is 39.8 Å². The van der Waals surface area contributed by atoms with Gasteiger partial charge in [-0.2, -0.15) is 4.99 Å². The van der Waals surface area contributed by atoms with Gasteiger partial charge in [-0.25, -0.2) is 22.0 Å². The van der Waals surface area contributed by atoms with Gasteiger partial charge < -0.3 is 9.30 Å². The third kappa shape index (κ3) is 6.74. The Morgan fingerprint density at radius 1 is 1.12 bits per heavy atom. The fourth-order valence-corrected chi connectivity index (χ4v) is 6.33. The van der Waals surface area contributed by atoms with Crippen LogP contribution in [0.5, 0.6) is 0 Å². The summed E-state index contributed by atoms with van der Waals surface area (Å²) in [5, 5.41) is 5.66. The molecule has 0 aliphatic carbocycles. The number of primary sulfonamides is 1. The highest BCUT2D eigenvalue weighted by atomic mass is 35.5. The summed E-state index contributed by atoms with van der Waals surface area (Å²) < 4.78 is 56.1. The highest BCUT2D eigenvalue weighted by Gasteiger charge is 2.16. The number of amides is 1. The number of sulfone groups is 1. The van der Waals surface area contributed by atoms with Crippen LogP contribution in [0.25, 0.3) is 10.2 Å². The summed E-state index contributed by atoms with van der Waals surface area (Å²) in [6.45, 7) is 3.16. The molecule has 0 aliphatic heterocycles. The third-order valence-electron chi connectivity index (χ3n) is 4.84. The van der Waals surface area contributed by atoms with Crippen molar-refractivity contribution in [1.29, 1.82) is 0 Å². The van der Waals surface area contributed by atoms with Crippen molar-refractivity contribution < 1.29 is 26.4 Å². The lowest BCUT2D eigenvalue weighted by Gasteiger charge is -2.06. The fourth-order valence-electron chi connectivity index (χ4n) is 3.17. The van der Waals surface area contributed by atoms with Gasteiger partial charge in [-0.3, -0.25) is 4.79 Å². The second-order valence-corrected chi connectivity index (χ2v) is 12.4. The second-order valence-electron chi connectivity index (χ2n) is 7.29. The van der Waals surface area contributed by atoms with E-state index in [9.17, 15) is 21.6 Å². The molecule has 3 rings (SSSR count). The van der Waals surface area contributed by atoms with Gasteiger partial charge in [0, 0.05) is 24.6 Å². The van der Waals surface area contributed by atoms with Gasteiger partial charge in [-0.05, 0) is 55.8 Å². The number of halogens is 1. The molecule has 0 saturated carbocycles. The second kappa shape index (κ2) is 11.1. The van der Waals surface area contributed by atoms with E-state index < -0.39 is 25.8 Å². The molecule has 0 spiro atoms. The monoisotopic (exact) mass is 545 g/mol. The zero-order valence-electron chi connectivity index (χ0n) is 18.3. The first-order chi connectivity index (χ1) is 16.0. The zero-order chi connectivity index (χ0) is 24.9. The minimum atomic E-state index is -3.88. The number of sulfonamides is 1. The summed E-state index contributed by atoms with van der Waals surface area (Å²) in [5.74, 6) is -0.681. The topological polar surface area (TPSA) is 138 Å². The quantitative estimate of drug-likeness (QED) is 0.389. The van der Waals surface area contributed by atoms with E-state index in [0.717, 1.165) is 11.3 Å². The van der Waals surface area contributed by atoms with Crippen LogP contribution in [0, 0.1) is 0 Å². The predicted molar refractivity (Wildman–Crippen MR) is 131 cm³/mol. The molecular weight excluding hydrogens is 522 g/mol. The van der Waals surface area contributed by atoms with Gasteiger partial charge in [-0.15, -0.1) is 0 Å². The van der Waals surface area contributed by atoms with Crippen LogP contribution in [0.1, 0.15) is 19.8 Å². The number of nitrogens with zero attached hydrogens (tertiary/aromatic N) is 2. The van der Waals surface area contributed by atoms with Crippen molar-refractivity contribution in [3.05, 3.63) is 52.3 Å². The van der Waals surface area contributed by atoms with Crippen LogP contribution in [-0.4, -0.2) is 46.3 Å². The summed E-state index contributed by atoms with van der Waals surface area (Å²) >= 11 is 6.95. The molecule has 1 aromatic heterocycles. The number of hydrogen-bond acceptors (Lipinski definition) is 7. The van der Waals surface area contributed by atoms with Crippen LogP contribution in [0.15, 0.2) is 57.2 Å². The Kier molecular flexibility index (Phi) is 8.66. The molecule has 0 aliphatic rings. The maximum absolute atomic E-state index is 12.5. The summed E-state index contributed by atoms with van der Waals surface area (Å²) in [5.41, 5.74) is 0.689. The van der Waals surface area contributed by atoms with Gasteiger partial charge in [-0.1, -0.05) is 22.9 Å². The van der Waals surface area contributed by atoms with E-state index in [1.54, 1.807) is 10.6 Å². The normalized spacial score (nSPS) is 13.0. The first kappa shape index (κ1) is 26.5. The molecule has 0 radical (unpaired) electrons. The van der Waals surface area contributed by atoms with Crippen LogP contribution in [0.2, 0.25) is 5.02 Å². The lowest BCUT2D eigenvalue weighted by atomic mass is 10.3. The molecule has 1 heterocycles. The molecule has 9 nitrogen and oxygen atoms in total. The van der Waals surface area contributed by atoms with Crippen molar-refractivity contribution in [2.24, 2.45) is 10.1 Å². The standard InChI is InChI=1S/C21H24ClN3O6S3/c1-2-31-12-11-25-18-10-9-17(34(23,29)30)14-19(18)32-21(25)24-20(26)4-3-13-33(27,28)16-7-5-15(22)6-8-16/h5-10,14H,2-4,11-13H2,1H3,(H2,23,29,30). The van der Waals surface area contributed by atoms with Crippen LogP contribution in [0.4, 0.5) is 0 Å². The molecule has 0 bridgehead atoms. The number of nitrogens with two attached hydrogens (primary N) is 1. The van der Waals surface area contributed by atoms with E-state index in [4.69, 9.17) is 21.5 Å². The number of rotatable bonds is 10. The Morgan fingerprint density at radius 3 is 2.44 bits per heavy atom. The van der Waals surface area contributed by atoms with Crippen LogP contribution < -0.4 is 9.94 Å². The first-order valence-corrected chi connectivity index (χ1v) is 14.7. The number of hydrogen-bond donors (Lipinski definition) is 1. The molecule has 34 heavy (non-hydrogen) atoms. The number of fused-ring (bicyclic) bond motifs is 1. The van der Waals surface area contributed by atoms with Crippen molar-refractivity contribution in [3.8, 4) is 0 Å². The molecule has 0 saturated heterocycles. The van der Waals surface area contributed by atoms with Gasteiger partial charge in [0.05, 0.1) is 32.4 Å². The molecule has 2 N–H and O–H groups in total. The van der Waals surface area contributed by atoms with Gasteiger partial charge in [0.2, 0.25) is 15.9 Å². The number of ether oxygens (including phenoxy) is 1. The number of aromatic nitrogens is 1. The summed E-state index contributed by atoms with van der Waals surface area (Å²) in [7, 11) is -7.43. The summed E-state index contributed by atoms with van der Waals surface area (Å²) in [4.78, 5) is 17.2. The van der Waals surface area contributed by atoms with Crippen LogP contribution >= 0.6 is 22.9 Å². The van der Waals surface area contributed by atoms with Gasteiger partial charge in [0.25, 0.3) is 0 Å². The first-order valence-electron chi connectivity index (χ1n) is 10.3. The Hall–Kier alpha value is -2.09. The Morgan fingerprint density at radius 2 is 1.79 bits per heavy atom. The highest BCUT2D eigenvalue weighted by molar-refractivity contribution is 7.91. The van der Waals surface area contributed by atoms with Crippen molar-refractivity contribution in [1.82, 2.24) is 4.57 Å². The predicted octanol–water partition coefficient (Wildman–Crippen LogP) is 2.72. The van der Waals surface area contributed by atoms with Crippen molar-refractivity contribution in [2.75, 3.05) is 19.0 Å². The van der Waals surface area contributed by atoms with Crippen LogP contribution in [-0.2, 0) is 35.9 Å². The largest absolute Gasteiger partial charge is 0.380 e.